The van der Waals surface area contributed by atoms with Gasteiger partial charge < -0.3 is 10.6 Å². The molecule has 1 aromatic carbocycles. The Balaban J connectivity index is 1.89. The van der Waals surface area contributed by atoms with Gasteiger partial charge in [-0.25, -0.2) is 9.37 Å². The average Bonchev–Trinajstić information content (AvgIpc) is 3.13. The van der Waals surface area contributed by atoms with E-state index in [1.165, 1.54) is 23.5 Å². The SMILES string of the molecule is Cc1nc(-c2ccc(F)cc2)sc1C(=O)N1CCCC1CN. The average molecular weight is 319 g/mol. The molecule has 1 amide bonds. The molecule has 1 saturated heterocycles. The van der Waals surface area contributed by atoms with Gasteiger partial charge >= 0.3 is 0 Å². The van der Waals surface area contributed by atoms with E-state index in [0.717, 1.165) is 35.7 Å². The van der Waals surface area contributed by atoms with Crippen LogP contribution in [-0.4, -0.2) is 34.9 Å². The number of nitrogens with two attached hydrogens (primary N) is 1. The number of likely N-dealkylation sites (tertiary alicyclic amines) is 1. The third kappa shape index (κ3) is 2.76. The van der Waals surface area contributed by atoms with Crippen molar-refractivity contribution in [2.24, 2.45) is 5.73 Å². The summed E-state index contributed by atoms with van der Waals surface area (Å²) in [6.07, 6.45) is 1.96. The van der Waals surface area contributed by atoms with E-state index in [4.69, 9.17) is 5.73 Å². The maximum Gasteiger partial charge on any atom is 0.266 e. The van der Waals surface area contributed by atoms with Crippen LogP contribution in [0.5, 0.6) is 0 Å². The van der Waals surface area contributed by atoms with Crippen molar-refractivity contribution in [3.8, 4) is 10.6 Å². The number of halogens is 1. The maximum atomic E-state index is 13.0. The molecule has 1 atom stereocenters. The summed E-state index contributed by atoms with van der Waals surface area (Å²) in [7, 11) is 0. The van der Waals surface area contributed by atoms with Gasteiger partial charge in [-0.1, -0.05) is 0 Å². The zero-order valence-corrected chi connectivity index (χ0v) is 13.2. The van der Waals surface area contributed by atoms with Gasteiger partial charge in [0.2, 0.25) is 0 Å². The van der Waals surface area contributed by atoms with Gasteiger partial charge in [-0.05, 0) is 44.0 Å². The summed E-state index contributed by atoms with van der Waals surface area (Å²) in [4.78, 5) is 19.7. The van der Waals surface area contributed by atoms with Crippen molar-refractivity contribution in [2.45, 2.75) is 25.8 Å². The van der Waals surface area contributed by atoms with Crippen molar-refractivity contribution >= 4 is 17.2 Å². The van der Waals surface area contributed by atoms with Crippen molar-refractivity contribution in [1.82, 2.24) is 9.88 Å². The summed E-state index contributed by atoms with van der Waals surface area (Å²) in [6.45, 7) is 3.09. The largest absolute Gasteiger partial charge is 0.334 e. The Kier molecular flexibility index (Phi) is 4.22. The second-order valence-electron chi connectivity index (χ2n) is 5.47. The Morgan fingerprint density at radius 1 is 1.45 bits per heavy atom. The normalized spacial score (nSPS) is 18.0. The molecule has 0 saturated carbocycles. The maximum absolute atomic E-state index is 13.0. The molecule has 0 spiro atoms. The van der Waals surface area contributed by atoms with E-state index in [0.29, 0.717) is 11.4 Å². The highest BCUT2D eigenvalue weighted by molar-refractivity contribution is 7.17. The molecule has 2 heterocycles. The molecule has 1 aliphatic rings. The van der Waals surface area contributed by atoms with E-state index < -0.39 is 0 Å². The first kappa shape index (κ1) is 15.1. The fraction of sp³-hybridized carbons (Fsp3) is 0.375. The smallest absolute Gasteiger partial charge is 0.266 e. The highest BCUT2D eigenvalue weighted by atomic mass is 32.1. The Hall–Kier alpha value is -1.79. The molecule has 3 rings (SSSR count). The number of carbonyl (C=O) groups is 1. The summed E-state index contributed by atoms with van der Waals surface area (Å²) in [6, 6.07) is 6.29. The standard InChI is InChI=1S/C16H18FN3OS/c1-10-14(16(21)20-8-2-3-13(20)9-18)22-15(19-10)11-4-6-12(17)7-5-11/h4-7,13H,2-3,8-9,18H2,1H3. The van der Waals surface area contributed by atoms with Crippen LogP contribution >= 0.6 is 11.3 Å². The van der Waals surface area contributed by atoms with Gasteiger partial charge in [-0.2, -0.15) is 0 Å². The van der Waals surface area contributed by atoms with Gasteiger partial charge in [0.25, 0.3) is 5.91 Å². The fourth-order valence-electron chi connectivity index (χ4n) is 2.79. The van der Waals surface area contributed by atoms with Crippen molar-refractivity contribution in [2.75, 3.05) is 13.1 Å². The highest BCUT2D eigenvalue weighted by Gasteiger charge is 2.30. The van der Waals surface area contributed by atoms with Crippen LogP contribution in [0.1, 0.15) is 28.2 Å². The number of hydrogen-bond acceptors (Lipinski definition) is 4. The summed E-state index contributed by atoms with van der Waals surface area (Å²) < 4.78 is 13.0. The molecule has 0 aliphatic carbocycles. The molecular weight excluding hydrogens is 301 g/mol. The lowest BCUT2D eigenvalue weighted by Crippen LogP contribution is -2.39. The minimum absolute atomic E-state index is 0.0105. The molecule has 1 unspecified atom stereocenters. The first-order valence-electron chi connectivity index (χ1n) is 7.34. The zero-order chi connectivity index (χ0) is 15.7. The van der Waals surface area contributed by atoms with Crippen molar-refractivity contribution < 1.29 is 9.18 Å². The third-order valence-electron chi connectivity index (χ3n) is 3.99. The van der Waals surface area contributed by atoms with Gasteiger partial charge in [0, 0.05) is 24.7 Å². The number of nitrogens with zero attached hydrogens (tertiary/aromatic N) is 2. The molecule has 0 radical (unpaired) electrons. The Morgan fingerprint density at radius 3 is 2.86 bits per heavy atom. The van der Waals surface area contributed by atoms with Crippen LogP contribution in [0.4, 0.5) is 4.39 Å². The molecule has 4 nitrogen and oxygen atoms in total. The molecule has 1 fully saturated rings. The minimum Gasteiger partial charge on any atom is -0.334 e. The van der Waals surface area contributed by atoms with Gasteiger partial charge in [0.05, 0.1) is 5.69 Å². The van der Waals surface area contributed by atoms with Crippen LogP contribution in [0.2, 0.25) is 0 Å². The Morgan fingerprint density at radius 2 is 2.18 bits per heavy atom. The van der Waals surface area contributed by atoms with E-state index >= 15 is 0 Å². The van der Waals surface area contributed by atoms with Gasteiger partial charge in [-0.15, -0.1) is 11.3 Å². The summed E-state index contributed by atoms with van der Waals surface area (Å²) >= 11 is 1.36. The van der Waals surface area contributed by atoms with E-state index in [2.05, 4.69) is 4.98 Å². The van der Waals surface area contributed by atoms with Gasteiger partial charge in [-0.3, -0.25) is 4.79 Å². The number of rotatable bonds is 3. The van der Waals surface area contributed by atoms with Crippen LogP contribution in [-0.2, 0) is 0 Å². The number of thiazole rings is 1. The molecule has 2 aromatic rings. The monoisotopic (exact) mass is 319 g/mol. The summed E-state index contributed by atoms with van der Waals surface area (Å²) in [5.41, 5.74) is 7.29. The summed E-state index contributed by atoms with van der Waals surface area (Å²) in [5, 5.41) is 0.740. The Labute approximate surface area is 132 Å². The molecule has 0 bridgehead atoms. The second-order valence-corrected chi connectivity index (χ2v) is 6.47. The molecule has 2 N–H and O–H groups in total. The Bertz CT molecular complexity index is 683. The number of hydrogen-bond donors (Lipinski definition) is 1. The van der Waals surface area contributed by atoms with E-state index in [9.17, 15) is 9.18 Å². The predicted molar refractivity (Wildman–Crippen MR) is 85.4 cm³/mol. The zero-order valence-electron chi connectivity index (χ0n) is 12.4. The molecule has 22 heavy (non-hydrogen) atoms. The van der Waals surface area contributed by atoms with E-state index in [-0.39, 0.29) is 17.8 Å². The number of aromatic nitrogens is 1. The molecule has 1 aromatic heterocycles. The number of benzene rings is 1. The third-order valence-corrected chi connectivity index (χ3v) is 5.19. The second kappa shape index (κ2) is 6.14. The number of carbonyl (C=O) groups excluding carboxylic acids is 1. The molecule has 1 aliphatic heterocycles. The lowest BCUT2D eigenvalue weighted by Gasteiger charge is -2.22. The predicted octanol–water partition coefficient (Wildman–Crippen LogP) is 2.82. The van der Waals surface area contributed by atoms with Gasteiger partial charge in [0.1, 0.15) is 15.7 Å². The van der Waals surface area contributed by atoms with Crippen LogP contribution in [0, 0.1) is 12.7 Å². The van der Waals surface area contributed by atoms with Crippen LogP contribution in [0.15, 0.2) is 24.3 Å². The van der Waals surface area contributed by atoms with Crippen molar-refractivity contribution in [1.29, 1.82) is 0 Å². The molecule has 116 valence electrons. The summed E-state index contributed by atoms with van der Waals surface area (Å²) in [5.74, 6) is -0.271. The molecule has 6 heteroatoms. The first-order valence-corrected chi connectivity index (χ1v) is 8.16. The fourth-order valence-corrected chi connectivity index (χ4v) is 3.82. The lowest BCUT2D eigenvalue weighted by molar-refractivity contribution is 0.0745. The van der Waals surface area contributed by atoms with Crippen molar-refractivity contribution in [3.63, 3.8) is 0 Å². The number of amides is 1. The minimum atomic E-state index is -0.281. The molecular formula is C16H18FN3OS. The highest BCUT2D eigenvalue weighted by Crippen LogP contribution is 2.30. The van der Waals surface area contributed by atoms with Crippen LogP contribution in [0.25, 0.3) is 10.6 Å². The van der Waals surface area contributed by atoms with Crippen LogP contribution < -0.4 is 5.73 Å². The van der Waals surface area contributed by atoms with Gasteiger partial charge in [0.15, 0.2) is 0 Å². The lowest BCUT2D eigenvalue weighted by atomic mass is 10.2. The topological polar surface area (TPSA) is 59.2 Å². The first-order chi connectivity index (χ1) is 10.6. The van der Waals surface area contributed by atoms with E-state index in [1.54, 1.807) is 12.1 Å². The number of aryl methyl sites for hydroxylation is 1. The van der Waals surface area contributed by atoms with Crippen molar-refractivity contribution in [3.05, 3.63) is 40.7 Å². The van der Waals surface area contributed by atoms with Crippen LogP contribution in [0.3, 0.4) is 0 Å². The van der Waals surface area contributed by atoms with E-state index in [1.807, 2.05) is 11.8 Å². The quantitative estimate of drug-likeness (QED) is 0.946.